The Labute approximate surface area is 208 Å². The van der Waals surface area contributed by atoms with Crippen LogP contribution in [0.25, 0.3) is 0 Å². The minimum Gasteiger partial charge on any atom is -0.0604 e. The van der Waals surface area contributed by atoms with E-state index in [2.05, 4.69) is 54.6 Å². The molecule has 32 heavy (non-hydrogen) atoms. The van der Waals surface area contributed by atoms with Crippen molar-refractivity contribution in [2.24, 2.45) is 0 Å². The summed E-state index contributed by atoms with van der Waals surface area (Å²) in [5.74, 6) is 0. The van der Waals surface area contributed by atoms with Crippen LogP contribution in [0.1, 0.15) is 125 Å². The van der Waals surface area contributed by atoms with Gasteiger partial charge in [0.05, 0.1) is 0 Å². The fraction of sp³-hybridized carbons (Fsp3) is 1.00. The van der Waals surface area contributed by atoms with Crippen molar-refractivity contribution >= 4 is 26.7 Å². The Bertz CT molecular complexity index is 453. The van der Waals surface area contributed by atoms with E-state index in [0.717, 1.165) is 10.7 Å². The molecule has 1 saturated heterocycles. The summed E-state index contributed by atoms with van der Waals surface area (Å²) >= 11 is -2.12. The molecular weight excluding hydrogens is 515 g/mol. The quantitative estimate of drug-likeness (QED) is 0.0819. The van der Waals surface area contributed by atoms with Gasteiger partial charge < -0.3 is 0 Å². The van der Waals surface area contributed by atoms with Crippen LogP contribution >= 0.6 is 0 Å². The van der Waals surface area contributed by atoms with Gasteiger partial charge in [0.15, 0.2) is 0 Å². The first-order valence-corrected chi connectivity index (χ1v) is 25.0. The summed E-state index contributed by atoms with van der Waals surface area (Å²) in [6.45, 7) is 19.8. The van der Waals surface area contributed by atoms with Crippen LogP contribution < -0.4 is 0 Å². The number of epoxide rings is 1. The molecule has 2 nitrogen and oxygen atoms in total. The van der Waals surface area contributed by atoms with Gasteiger partial charge >= 0.3 is 170 Å². The molecule has 0 saturated carbocycles. The maximum absolute atomic E-state index is 6.47. The van der Waals surface area contributed by atoms with Gasteiger partial charge in [-0.1, -0.05) is 20.8 Å². The first kappa shape index (κ1) is 31.0. The van der Waals surface area contributed by atoms with Crippen molar-refractivity contribution in [2.75, 3.05) is 6.61 Å². The molecule has 0 amide bonds. The Morgan fingerprint density at radius 3 is 1.66 bits per heavy atom. The SMILES string of the molecule is CCC[CH2][Sn]([CH2]CCC)([CH2]CCC)[C@H]1O[C@@H]1CCCCCCCCO[Si](C)(C)C(C)(C)C. The van der Waals surface area contributed by atoms with Crippen LogP contribution in [0.15, 0.2) is 0 Å². The first-order valence-electron chi connectivity index (χ1n) is 14.4. The molecule has 0 unspecified atom stereocenters. The van der Waals surface area contributed by atoms with Crippen molar-refractivity contribution in [3.63, 3.8) is 0 Å². The molecule has 192 valence electrons. The van der Waals surface area contributed by atoms with E-state index in [1.807, 2.05) is 0 Å². The fourth-order valence-electron chi connectivity index (χ4n) is 4.99. The molecule has 1 aliphatic rings. The van der Waals surface area contributed by atoms with Gasteiger partial charge in [0.2, 0.25) is 0 Å². The minimum atomic E-state index is -2.12. The average molecular weight is 576 g/mol. The molecule has 0 bridgehead atoms. The van der Waals surface area contributed by atoms with E-state index in [1.165, 1.54) is 83.5 Å². The van der Waals surface area contributed by atoms with Crippen LogP contribution in [0.3, 0.4) is 0 Å². The van der Waals surface area contributed by atoms with Crippen LogP contribution in [-0.4, -0.2) is 43.5 Å². The summed E-state index contributed by atoms with van der Waals surface area (Å²) in [7, 11) is -1.55. The standard InChI is InChI=1S/C16H33O2Si.3C4H9.Sn/c1-16(2,3)19(4,5)18-13-11-9-7-6-8-10-12-15-14-17-15;3*1-3-4-2;/h14-15H,6-13H2,1-5H3;3*1,3-4H2,2H3;/t15-;;;;/m1..../s1. The Morgan fingerprint density at radius 2 is 1.19 bits per heavy atom. The Kier molecular flexibility index (Phi) is 15.3. The van der Waals surface area contributed by atoms with Crippen LogP contribution in [-0.2, 0) is 9.16 Å². The second kappa shape index (κ2) is 15.8. The molecule has 0 aliphatic carbocycles. The van der Waals surface area contributed by atoms with Gasteiger partial charge in [-0.25, -0.2) is 0 Å². The normalized spacial score (nSPS) is 19.5. The maximum atomic E-state index is 6.47. The van der Waals surface area contributed by atoms with Gasteiger partial charge in [-0.2, -0.15) is 0 Å². The van der Waals surface area contributed by atoms with Crippen LogP contribution in [0.4, 0.5) is 0 Å². The molecule has 0 aromatic carbocycles. The third kappa shape index (κ3) is 11.1. The summed E-state index contributed by atoms with van der Waals surface area (Å²) in [5.41, 5.74) is 0. The van der Waals surface area contributed by atoms with Gasteiger partial charge in [0.25, 0.3) is 0 Å². The second-order valence-electron chi connectivity index (χ2n) is 12.3. The van der Waals surface area contributed by atoms with Crippen LogP contribution in [0.5, 0.6) is 0 Å². The van der Waals surface area contributed by atoms with E-state index in [9.17, 15) is 0 Å². The molecule has 0 radical (unpaired) electrons. The predicted molar refractivity (Wildman–Crippen MR) is 149 cm³/mol. The van der Waals surface area contributed by atoms with Gasteiger partial charge in [0.1, 0.15) is 0 Å². The van der Waals surface area contributed by atoms with Crippen molar-refractivity contribution in [1.82, 2.24) is 0 Å². The minimum absolute atomic E-state index is 0.335. The van der Waals surface area contributed by atoms with Crippen molar-refractivity contribution in [3.8, 4) is 0 Å². The number of ether oxygens (including phenoxy) is 1. The molecule has 0 spiro atoms. The zero-order chi connectivity index (χ0) is 24.1. The van der Waals surface area contributed by atoms with Crippen molar-refractivity contribution in [1.29, 1.82) is 0 Å². The molecule has 1 rings (SSSR count). The predicted octanol–water partition coefficient (Wildman–Crippen LogP) is 9.89. The number of rotatable bonds is 20. The molecule has 1 aliphatic heterocycles. The molecule has 0 aromatic heterocycles. The third-order valence-electron chi connectivity index (χ3n) is 8.42. The average Bonchev–Trinajstić information content (AvgIpc) is 3.51. The number of unbranched alkanes of at least 4 members (excludes halogenated alkanes) is 8. The fourth-order valence-corrected chi connectivity index (χ4v) is 23.8. The van der Waals surface area contributed by atoms with Crippen molar-refractivity contribution in [3.05, 3.63) is 0 Å². The molecule has 1 heterocycles. The van der Waals surface area contributed by atoms with Crippen LogP contribution in [0.2, 0.25) is 31.4 Å². The number of hydrogen-bond donors (Lipinski definition) is 0. The van der Waals surface area contributed by atoms with E-state index in [1.54, 1.807) is 13.3 Å². The monoisotopic (exact) mass is 576 g/mol. The Morgan fingerprint density at radius 1 is 0.719 bits per heavy atom. The third-order valence-corrected chi connectivity index (χ3v) is 29.4. The second-order valence-corrected chi connectivity index (χ2v) is 30.8. The van der Waals surface area contributed by atoms with Gasteiger partial charge in [-0.05, 0) is 18.1 Å². The van der Waals surface area contributed by atoms with Crippen molar-refractivity contribution in [2.45, 2.75) is 167 Å². The summed E-state index contributed by atoms with van der Waals surface area (Å²) in [4.78, 5) is 0. The summed E-state index contributed by atoms with van der Waals surface area (Å²) in [5, 5.41) is 0.335. The molecule has 0 aromatic rings. The molecule has 2 atom stereocenters. The summed E-state index contributed by atoms with van der Waals surface area (Å²) in [6.07, 6.45) is 18.7. The van der Waals surface area contributed by atoms with E-state index in [-0.39, 0.29) is 0 Å². The van der Waals surface area contributed by atoms with Gasteiger partial charge in [-0.3, -0.25) is 0 Å². The molecule has 1 fully saturated rings. The Hall–Kier alpha value is 0.936. The van der Waals surface area contributed by atoms with Gasteiger partial charge in [0, 0.05) is 0 Å². The first-order chi connectivity index (χ1) is 15.1. The van der Waals surface area contributed by atoms with Crippen molar-refractivity contribution < 1.29 is 9.16 Å². The van der Waals surface area contributed by atoms with Gasteiger partial charge in [-0.15, -0.1) is 0 Å². The topological polar surface area (TPSA) is 21.8 Å². The molecular formula is C28H60O2SiSn. The molecule has 4 heteroatoms. The molecule has 0 N–H and O–H groups in total. The van der Waals surface area contributed by atoms with E-state index in [4.69, 9.17) is 9.16 Å². The van der Waals surface area contributed by atoms with E-state index < -0.39 is 26.7 Å². The number of hydrogen-bond acceptors (Lipinski definition) is 2. The smallest absolute Gasteiger partial charge is 0.0604 e. The van der Waals surface area contributed by atoms with E-state index >= 15 is 0 Å². The Balaban J connectivity index is 2.24. The van der Waals surface area contributed by atoms with E-state index in [0.29, 0.717) is 11.1 Å². The van der Waals surface area contributed by atoms with Crippen LogP contribution in [0, 0.1) is 0 Å². The summed E-state index contributed by atoms with van der Waals surface area (Å²) in [6, 6.07) is 0. The summed E-state index contributed by atoms with van der Waals surface area (Å²) < 4.78 is 18.4. The zero-order valence-corrected chi connectivity index (χ0v) is 27.3. The zero-order valence-electron chi connectivity index (χ0n) is 23.5.